The molecular weight excluding hydrogens is 448 g/mol. The van der Waals surface area contributed by atoms with E-state index >= 15 is 0 Å². The van der Waals surface area contributed by atoms with Crippen LogP contribution in [0.3, 0.4) is 0 Å². The van der Waals surface area contributed by atoms with E-state index in [1.807, 2.05) is 12.1 Å². The van der Waals surface area contributed by atoms with Gasteiger partial charge in [0.25, 0.3) is 0 Å². The van der Waals surface area contributed by atoms with Crippen molar-refractivity contribution in [2.24, 2.45) is 0 Å². The van der Waals surface area contributed by atoms with E-state index in [0.717, 1.165) is 42.9 Å². The number of hydrogen-bond donors (Lipinski definition) is 2. The number of nitrogens with zero attached hydrogens (tertiary/aromatic N) is 3. The van der Waals surface area contributed by atoms with E-state index < -0.39 is 5.97 Å². The van der Waals surface area contributed by atoms with Gasteiger partial charge >= 0.3 is 5.97 Å². The zero-order valence-electron chi connectivity index (χ0n) is 20.0. The molecule has 1 unspecified atom stereocenters. The summed E-state index contributed by atoms with van der Waals surface area (Å²) in [5.74, 6) is 2.14. The molecule has 2 aliphatic rings. The number of carbonyl (C=O) groups is 1. The average Bonchev–Trinajstić information content (AvgIpc) is 3.47. The quantitative estimate of drug-likeness (QED) is 0.465. The molecule has 5 rings (SSSR count). The van der Waals surface area contributed by atoms with Gasteiger partial charge in [0.1, 0.15) is 5.82 Å². The van der Waals surface area contributed by atoms with Crippen molar-refractivity contribution in [1.82, 2.24) is 15.1 Å². The van der Waals surface area contributed by atoms with E-state index in [4.69, 9.17) is 19.0 Å². The van der Waals surface area contributed by atoms with Gasteiger partial charge in [0, 0.05) is 36.6 Å². The van der Waals surface area contributed by atoms with Gasteiger partial charge in [-0.15, -0.1) is 0 Å². The van der Waals surface area contributed by atoms with Crippen LogP contribution in [0.1, 0.15) is 67.6 Å². The predicted molar refractivity (Wildman–Crippen MR) is 128 cm³/mol. The van der Waals surface area contributed by atoms with Gasteiger partial charge in [-0.25, -0.2) is 4.98 Å². The van der Waals surface area contributed by atoms with Crippen LogP contribution < -0.4 is 14.8 Å². The van der Waals surface area contributed by atoms with Gasteiger partial charge in [0.15, 0.2) is 17.3 Å². The standard InChI is InChI=1S/C26H30N4O5/c1-26(2)10-11-27-25-19(26)8-7-18(28-25)4-3-5-22-29-23(35-30-22)13-17(14-24(31)32)16-6-9-20-21(12-16)34-15-33-20/h6-9,12,17H,3-5,10-11,13-15H2,1-2H3,(H,27,28)(H,31,32). The van der Waals surface area contributed by atoms with Crippen LogP contribution in [0.25, 0.3) is 0 Å². The number of benzene rings is 1. The Hall–Kier alpha value is -3.62. The second kappa shape index (κ2) is 9.56. The SMILES string of the molecule is CC1(C)CCNc2nc(CCCc3noc(CC(CC(=O)O)c4ccc5c(c4)OCO5)n3)ccc21. The molecule has 0 spiro atoms. The van der Waals surface area contributed by atoms with Crippen LogP contribution in [-0.2, 0) is 29.5 Å². The van der Waals surface area contributed by atoms with E-state index in [2.05, 4.69) is 41.4 Å². The lowest BCUT2D eigenvalue weighted by Gasteiger charge is -2.32. The molecule has 0 amide bonds. The van der Waals surface area contributed by atoms with Gasteiger partial charge in [-0.2, -0.15) is 4.98 Å². The van der Waals surface area contributed by atoms with Crippen LogP contribution in [0.4, 0.5) is 5.82 Å². The lowest BCUT2D eigenvalue weighted by atomic mass is 9.79. The number of aliphatic carboxylic acids is 1. The van der Waals surface area contributed by atoms with Crippen molar-refractivity contribution in [2.45, 2.75) is 63.7 Å². The molecule has 1 atom stereocenters. The summed E-state index contributed by atoms with van der Waals surface area (Å²) in [5.41, 5.74) is 3.30. The maximum absolute atomic E-state index is 11.5. The molecule has 2 aliphatic heterocycles. The van der Waals surface area contributed by atoms with Crippen molar-refractivity contribution in [3.63, 3.8) is 0 Å². The zero-order chi connectivity index (χ0) is 24.4. The van der Waals surface area contributed by atoms with Crippen LogP contribution in [0.5, 0.6) is 11.5 Å². The molecule has 2 N–H and O–H groups in total. The summed E-state index contributed by atoms with van der Waals surface area (Å²) >= 11 is 0. The smallest absolute Gasteiger partial charge is 0.303 e. The first-order valence-corrected chi connectivity index (χ1v) is 12.0. The fourth-order valence-electron chi connectivity index (χ4n) is 4.75. The Morgan fingerprint density at radius 1 is 1.14 bits per heavy atom. The second-order valence-corrected chi connectivity index (χ2v) is 9.83. The van der Waals surface area contributed by atoms with Crippen molar-refractivity contribution < 1.29 is 23.9 Å². The molecule has 35 heavy (non-hydrogen) atoms. The third-order valence-electron chi connectivity index (χ3n) is 6.78. The summed E-state index contributed by atoms with van der Waals surface area (Å²) in [4.78, 5) is 20.8. The van der Waals surface area contributed by atoms with E-state index in [-0.39, 0.29) is 24.5 Å². The Labute approximate surface area is 203 Å². The minimum atomic E-state index is -0.886. The molecule has 1 aromatic carbocycles. The second-order valence-electron chi connectivity index (χ2n) is 9.83. The third-order valence-corrected chi connectivity index (χ3v) is 6.78. The molecule has 0 aliphatic carbocycles. The molecule has 9 heteroatoms. The Bertz CT molecular complexity index is 1220. The van der Waals surface area contributed by atoms with Crippen LogP contribution >= 0.6 is 0 Å². The first-order chi connectivity index (χ1) is 16.9. The van der Waals surface area contributed by atoms with Crippen LogP contribution in [-0.4, -0.2) is 39.5 Å². The number of nitrogens with one attached hydrogen (secondary N) is 1. The minimum Gasteiger partial charge on any atom is -0.481 e. The molecule has 4 heterocycles. The summed E-state index contributed by atoms with van der Waals surface area (Å²) in [6.45, 7) is 5.63. The van der Waals surface area contributed by atoms with Crippen LogP contribution in [0, 0.1) is 0 Å². The summed E-state index contributed by atoms with van der Waals surface area (Å²) < 4.78 is 16.2. The first kappa shape index (κ1) is 23.1. The summed E-state index contributed by atoms with van der Waals surface area (Å²) in [6, 6.07) is 9.79. The maximum Gasteiger partial charge on any atom is 0.303 e. The number of carboxylic acids is 1. The fourth-order valence-corrected chi connectivity index (χ4v) is 4.75. The molecule has 0 saturated carbocycles. The molecule has 9 nitrogen and oxygen atoms in total. The van der Waals surface area contributed by atoms with Gasteiger partial charge in [-0.05, 0) is 48.4 Å². The van der Waals surface area contributed by atoms with E-state index in [1.54, 1.807) is 6.07 Å². The monoisotopic (exact) mass is 478 g/mol. The topological polar surface area (TPSA) is 120 Å². The van der Waals surface area contributed by atoms with Gasteiger partial charge in [0.05, 0.1) is 6.42 Å². The van der Waals surface area contributed by atoms with Gasteiger partial charge < -0.3 is 24.4 Å². The van der Waals surface area contributed by atoms with Crippen molar-refractivity contribution in [1.29, 1.82) is 0 Å². The maximum atomic E-state index is 11.5. The molecule has 184 valence electrons. The number of ether oxygens (including phenoxy) is 2. The molecular formula is C26H30N4O5. The van der Waals surface area contributed by atoms with E-state index in [1.165, 1.54) is 5.56 Å². The van der Waals surface area contributed by atoms with Gasteiger partial charge in [0.2, 0.25) is 12.7 Å². The normalized spacial score (nSPS) is 16.4. The number of aryl methyl sites for hydroxylation is 2. The fraction of sp³-hybridized carbons (Fsp3) is 0.462. The lowest BCUT2D eigenvalue weighted by Crippen LogP contribution is -2.29. The van der Waals surface area contributed by atoms with Crippen molar-refractivity contribution in [2.75, 3.05) is 18.7 Å². The molecule has 0 fully saturated rings. The summed E-state index contributed by atoms with van der Waals surface area (Å²) in [7, 11) is 0. The number of pyridine rings is 1. The molecule has 3 aromatic rings. The number of aromatic nitrogens is 3. The average molecular weight is 479 g/mol. The third kappa shape index (κ3) is 5.23. The predicted octanol–water partition coefficient (Wildman–Crippen LogP) is 4.26. The Kier molecular flexibility index (Phi) is 6.32. The van der Waals surface area contributed by atoms with Gasteiger partial charge in [-0.1, -0.05) is 31.1 Å². The lowest BCUT2D eigenvalue weighted by molar-refractivity contribution is -0.137. The van der Waals surface area contributed by atoms with Crippen LogP contribution in [0.2, 0.25) is 0 Å². The molecule has 2 aromatic heterocycles. The number of anilines is 1. The number of carboxylic acid groups (broad SMARTS) is 1. The van der Waals surface area contributed by atoms with Crippen LogP contribution in [0.15, 0.2) is 34.9 Å². The highest BCUT2D eigenvalue weighted by molar-refractivity contribution is 5.68. The Balaban J connectivity index is 1.20. The highest BCUT2D eigenvalue weighted by Gasteiger charge is 2.28. The van der Waals surface area contributed by atoms with Crippen molar-refractivity contribution in [3.8, 4) is 11.5 Å². The minimum absolute atomic E-state index is 0.0494. The van der Waals surface area contributed by atoms with E-state index in [9.17, 15) is 9.90 Å². The Morgan fingerprint density at radius 2 is 2.00 bits per heavy atom. The zero-order valence-corrected chi connectivity index (χ0v) is 20.0. The number of rotatable bonds is 9. The van der Waals surface area contributed by atoms with Crippen molar-refractivity contribution in [3.05, 3.63) is 58.9 Å². The van der Waals surface area contributed by atoms with Crippen molar-refractivity contribution >= 4 is 11.8 Å². The molecule has 0 bridgehead atoms. The highest BCUT2D eigenvalue weighted by atomic mass is 16.7. The Morgan fingerprint density at radius 3 is 2.86 bits per heavy atom. The summed E-state index contributed by atoms with van der Waals surface area (Å²) in [5, 5.41) is 16.9. The molecule has 0 saturated heterocycles. The summed E-state index contributed by atoms with van der Waals surface area (Å²) in [6.07, 6.45) is 3.71. The highest BCUT2D eigenvalue weighted by Crippen LogP contribution is 2.37. The number of fused-ring (bicyclic) bond motifs is 2. The van der Waals surface area contributed by atoms with Gasteiger partial charge in [-0.3, -0.25) is 4.79 Å². The first-order valence-electron chi connectivity index (χ1n) is 12.0. The van der Waals surface area contributed by atoms with E-state index in [0.29, 0.717) is 36.1 Å². The molecule has 0 radical (unpaired) electrons. The largest absolute Gasteiger partial charge is 0.481 e. The number of hydrogen-bond acceptors (Lipinski definition) is 8.